The van der Waals surface area contributed by atoms with Crippen LogP contribution in [-0.2, 0) is 12.1 Å². The van der Waals surface area contributed by atoms with Gasteiger partial charge in [-0.15, -0.1) is 10.2 Å². The standard InChI is InChI=1S/C14H26N4/c1-13(2,3)18-11(9-15)16-17-12(18)10-7-6-8-14(10,4)5/h10H,6-9,15H2,1-5H3. The molecule has 1 heterocycles. The van der Waals surface area contributed by atoms with Gasteiger partial charge in [0.2, 0.25) is 0 Å². The Labute approximate surface area is 110 Å². The first-order valence-electron chi connectivity index (χ1n) is 6.92. The molecule has 1 aliphatic rings. The molecular formula is C14H26N4. The van der Waals surface area contributed by atoms with Gasteiger partial charge in [-0.05, 0) is 39.0 Å². The topological polar surface area (TPSA) is 56.7 Å². The Morgan fingerprint density at radius 3 is 2.44 bits per heavy atom. The maximum absolute atomic E-state index is 5.80. The average molecular weight is 250 g/mol. The quantitative estimate of drug-likeness (QED) is 0.878. The molecule has 18 heavy (non-hydrogen) atoms. The largest absolute Gasteiger partial charge is 0.324 e. The Hall–Kier alpha value is -0.900. The lowest BCUT2D eigenvalue weighted by molar-refractivity contribution is 0.288. The molecule has 1 fully saturated rings. The van der Waals surface area contributed by atoms with Crippen LogP contribution in [0.15, 0.2) is 0 Å². The number of aromatic nitrogens is 3. The monoisotopic (exact) mass is 250 g/mol. The molecule has 2 rings (SSSR count). The van der Waals surface area contributed by atoms with E-state index < -0.39 is 0 Å². The van der Waals surface area contributed by atoms with Crippen molar-refractivity contribution in [2.45, 2.75) is 71.9 Å². The molecule has 2 N–H and O–H groups in total. The van der Waals surface area contributed by atoms with E-state index in [2.05, 4.69) is 49.4 Å². The smallest absolute Gasteiger partial charge is 0.147 e. The minimum absolute atomic E-state index is 0.00773. The molecule has 1 aliphatic carbocycles. The van der Waals surface area contributed by atoms with E-state index in [1.54, 1.807) is 0 Å². The molecule has 102 valence electrons. The summed E-state index contributed by atoms with van der Waals surface area (Å²) in [4.78, 5) is 0. The van der Waals surface area contributed by atoms with Crippen molar-refractivity contribution in [1.82, 2.24) is 14.8 Å². The van der Waals surface area contributed by atoms with Gasteiger partial charge in [0.15, 0.2) is 0 Å². The molecule has 0 saturated heterocycles. The van der Waals surface area contributed by atoms with E-state index in [1.165, 1.54) is 19.3 Å². The SMILES string of the molecule is CC1(C)CCCC1c1nnc(CN)n1C(C)(C)C. The Morgan fingerprint density at radius 2 is 2.00 bits per heavy atom. The van der Waals surface area contributed by atoms with Crippen LogP contribution in [0.4, 0.5) is 0 Å². The van der Waals surface area contributed by atoms with Crippen LogP contribution in [0.25, 0.3) is 0 Å². The van der Waals surface area contributed by atoms with Gasteiger partial charge >= 0.3 is 0 Å². The minimum Gasteiger partial charge on any atom is -0.324 e. The zero-order valence-corrected chi connectivity index (χ0v) is 12.3. The van der Waals surface area contributed by atoms with Gasteiger partial charge in [0.05, 0.1) is 6.54 Å². The number of nitrogens with two attached hydrogens (primary N) is 1. The van der Waals surface area contributed by atoms with Gasteiger partial charge in [0, 0.05) is 11.5 Å². The molecule has 0 spiro atoms. The van der Waals surface area contributed by atoms with Crippen molar-refractivity contribution in [2.75, 3.05) is 0 Å². The number of hydrogen-bond donors (Lipinski definition) is 1. The summed E-state index contributed by atoms with van der Waals surface area (Å²) >= 11 is 0. The van der Waals surface area contributed by atoms with Crippen LogP contribution in [0.5, 0.6) is 0 Å². The first-order chi connectivity index (χ1) is 8.27. The second-order valence-corrected chi connectivity index (χ2v) is 7.12. The van der Waals surface area contributed by atoms with Crippen molar-refractivity contribution in [3.63, 3.8) is 0 Å². The highest BCUT2D eigenvalue weighted by Gasteiger charge is 2.40. The lowest BCUT2D eigenvalue weighted by Crippen LogP contribution is -2.30. The summed E-state index contributed by atoms with van der Waals surface area (Å²) in [7, 11) is 0. The predicted molar refractivity (Wildman–Crippen MR) is 73.3 cm³/mol. The van der Waals surface area contributed by atoms with E-state index in [9.17, 15) is 0 Å². The Bertz CT molecular complexity index is 425. The third kappa shape index (κ3) is 2.18. The molecular weight excluding hydrogens is 224 g/mol. The van der Waals surface area contributed by atoms with Crippen LogP contribution >= 0.6 is 0 Å². The van der Waals surface area contributed by atoms with Gasteiger partial charge in [-0.1, -0.05) is 20.3 Å². The van der Waals surface area contributed by atoms with Gasteiger partial charge < -0.3 is 10.3 Å². The second kappa shape index (κ2) is 4.34. The first kappa shape index (κ1) is 13.5. The fourth-order valence-corrected chi connectivity index (χ4v) is 3.22. The average Bonchev–Trinajstić information content (AvgIpc) is 2.79. The zero-order chi connectivity index (χ0) is 13.6. The molecule has 0 aliphatic heterocycles. The fraction of sp³-hybridized carbons (Fsp3) is 0.857. The Morgan fingerprint density at radius 1 is 1.33 bits per heavy atom. The molecule has 1 aromatic rings. The first-order valence-corrected chi connectivity index (χ1v) is 6.92. The lowest BCUT2D eigenvalue weighted by atomic mass is 9.81. The van der Waals surface area contributed by atoms with E-state index >= 15 is 0 Å². The van der Waals surface area contributed by atoms with Crippen LogP contribution in [0, 0.1) is 5.41 Å². The maximum atomic E-state index is 5.80. The van der Waals surface area contributed by atoms with Crippen molar-refractivity contribution in [3.05, 3.63) is 11.6 Å². The zero-order valence-electron chi connectivity index (χ0n) is 12.3. The van der Waals surface area contributed by atoms with E-state index in [4.69, 9.17) is 5.73 Å². The summed E-state index contributed by atoms with van der Waals surface area (Å²) in [6.45, 7) is 11.7. The van der Waals surface area contributed by atoms with E-state index in [-0.39, 0.29) is 5.54 Å². The summed E-state index contributed by atoms with van der Waals surface area (Å²) in [5.74, 6) is 2.54. The molecule has 1 unspecified atom stereocenters. The van der Waals surface area contributed by atoms with Gasteiger partial charge in [-0.3, -0.25) is 0 Å². The molecule has 1 atom stereocenters. The molecule has 1 saturated carbocycles. The molecule has 0 aromatic carbocycles. The van der Waals surface area contributed by atoms with Crippen molar-refractivity contribution in [2.24, 2.45) is 11.1 Å². The van der Waals surface area contributed by atoms with Crippen LogP contribution < -0.4 is 5.73 Å². The highest BCUT2D eigenvalue weighted by molar-refractivity contribution is 5.11. The lowest BCUT2D eigenvalue weighted by Gasteiger charge is -2.31. The van der Waals surface area contributed by atoms with Crippen LogP contribution in [0.1, 0.15) is 71.4 Å². The third-order valence-corrected chi connectivity index (χ3v) is 4.18. The highest BCUT2D eigenvalue weighted by atomic mass is 15.3. The van der Waals surface area contributed by atoms with Crippen molar-refractivity contribution >= 4 is 0 Å². The van der Waals surface area contributed by atoms with Crippen molar-refractivity contribution in [3.8, 4) is 0 Å². The summed E-state index contributed by atoms with van der Waals surface area (Å²) in [6.07, 6.45) is 3.77. The minimum atomic E-state index is -0.00773. The molecule has 0 amide bonds. The fourth-order valence-electron chi connectivity index (χ4n) is 3.22. The molecule has 0 radical (unpaired) electrons. The Kier molecular flexibility index (Phi) is 3.26. The summed E-state index contributed by atoms with van der Waals surface area (Å²) in [5.41, 5.74) is 6.12. The van der Waals surface area contributed by atoms with Crippen LogP contribution in [0.3, 0.4) is 0 Å². The van der Waals surface area contributed by atoms with Gasteiger partial charge in [0.1, 0.15) is 11.6 Å². The number of hydrogen-bond acceptors (Lipinski definition) is 3. The number of rotatable bonds is 2. The molecule has 1 aromatic heterocycles. The van der Waals surface area contributed by atoms with E-state index in [1.807, 2.05) is 0 Å². The predicted octanol–water partition coefficient (Wildman–Crippen LogP) is 2.79. The van der Waals surface area contributed by atoms with Crippen molar-refractivity contribution < 1.29 is 0 Å². The van der Waals surface area contributed by atoms with Gasteiger partial charge in [-0.25, -0.2) is 0 Å². The summed E-state index contributed by atoms with van der Waals surface area (Å²) < 4.78 is 2.25. The third-order valence-electron chi connectivity index (χ3n) is 4.18. The van der Waals surface area contributed by atoms with E-state index in [0.717, 1.165) is 11.6 Å². The second-order valence-electron chi connectivity index (χ2n) is 7.12. The Balaban J connectivity index is 2.49. The van der Waals surface area contributed by atoms with E-state index in [0.29, 0.717) is 17.9 Å². The summed E-state index contributed by atoms with van der Waals surface area (Å²) in [6, 6.07) is 0. The van der Waals surface area contributed by atoms with Gasteiger partial charge in [-0.2, -0.15) is 0 Å². The summed E-state index contributed by atoms with van der Waals surface area (Å²) in [5, 5.41) is 8.76. The highest BCUT2D eigenvalue weighted by Crippen LogP contribution is 2.48. The number of nitrogens with zero attached hydrogens (tertiary/aromatic N) is 3. The van der Waals surface area contributed by atoms with Crippen molar-refractivity contribution in [1.29, 1.82) is 0 Å². The maximum Gasteiger partial charge on any atom is 0.147 e. The van der Waals surface area contributed by atoms with Gasteiger partial charge in [0.25, 0.3) is 0 Å². The molecule has 4 heteroatoms. The van der Waals surface area contributed by atoms with Crippen LogP contribution in [0.2, 0.25) is 0 Å². The molecule has 4 nitrogen and oxygen atoms in total. The van der Waals surface area contributed by atoms with Crippen LogP contribution in [-0.4, -0.2) is 14.8 Å². The normalized spacial score (nSPS) is 23.6. The molecule has 0 bridgehead atoms.